The standard InChI is InChI=1S/C17H22N2O4/c1-11-7-9-19-15-13(11)5-2-6-14(15)18(16(22)17(19)23)8-3-4-12(21)10-20/h2,5-6,11-12,20-21H,3-4,7-10H2,1H3. The van der Waals surface area contributed by atoms with E-state index in [1.807, 2.05) is 18.2 Å². The van der Waals surface area contributed by atoms with E-state index in [0.717, 1.165) is 23.0 Å². The van der Waals surface area contributed by atoms with E-state index in [1.54, 1.807) is 4.57 Å². The predicted molar refractivity (Wildman–Crippen MR) is 87.8 cm³/mol. The lowest BCUT2D eigenvalue weighted by molar-refractivity contribution is 0.0856. The number of hydrogen-bond donors (Lipinski definition) is 2. The van der Waals surface area contributed by atoms with Crippen molar-refractivity contribution in [2.75, 3.05) is 6.61 Å². The van der Waals surface area contributed by atoms with Crippen molar-refractivity contribution in [3.8, 4) is 0 Å². The van der Waals surface area contributed by atoms with Gasteiger partial charge in [0.15, 0.2) is 0 Å². The van der Waals surface area contributed by atoms with Crippen molar-refractivity contribution in [2.24, 2.45) is 0 Å². The second-order valence-corrected chi connectivity index (χ2v) is 6.30. The van der Waals surface area contributed by atoms with Crippen molar-refractivity contribution in [2.45, 2.75) is 51.3 Å². The summed E-state index contributed by atoms with van der Waals surface area (Å²) >= 11 is 0. The van der Waals surface area contributed by atoms with Crippen LogP contribution in [0.25, 0.3) is 11.0 Å². The van der Waals surface area contributed by atoms with E-state index in [4.69, 9.17) is 5.11 Å². The number of hydrogen-bond acceptors (Lipinski definition) is 4. The lowest BCUT2D eigenvalue weighted by atomic mass is 9.93. The summed E-state index contributed by atoms with van der Waals surface area (Å²) in [6, 6.07) is 5.82. The molecule has 6 nitrogen and oxygen atoms in total. The maximum Gasteiger partial charge on any atom is 0.316 e. The number of rotatable bonds is 5. The Hall–Kier alpha value is -1.92. The summed E-state index contributed by atoms with van der Waals surface area (Å²) < 4.78 is 3.12. The molecule has 23 heavy (non-hydrogen) atoms. The highest BCUT2D eigenvalue weighted by atomic mass is 16.3. The van der Waals surface area contributed by atoms with E-state index in [0.29, 0.717) is 31.8 Å². The van der Waals surface area contributed by atoms with Gasteiger partial charge in [0.2, 0.25) is 0 Å². The molecule has 0 radical (unpaired) electrons. The molecular weight excluding hydrogens is 296 g/mol. The van der Waals surface area contributed by atoms with Crippen LogP contribution in [0.1, 0.15) is 37.7 Å². The Balaban J connectivity index is 2.11. The first-order chi connectivity index (χ1) is 11.0. The topological polar surface area (TPSA) is 84.5 Å². The number of aliphatic hydroxyl groups excluding tert-OH is 2. The Bertz CT molecular complexity index is 837. The summed E-state index contributed by atoms with van der Waals surface area (Å²) in [6.07, 6.45) is 0.994. The van der Waals surface area contributed by atoms with Gasteiger partial charge in [-0.2, -0.15) is 0 Å². The van der Waals surface area contributed by atoms with Crippen LogP contribution in [0.15, 0.2) is 27.8 Å². The van der Waals surface area contributed by atoms with Crippen molar-refractivity contribution < 1.29 is 10.2 Å². The summed E-state index contributed by atoms with van der Waals surface area (Å²) in [4.78, 5) is 24.9. The van der Waals surface area contributed by atoms with Gasteiger partial charge in [-0.3, -0.25) is 9.59 Å². The maximum atomic E-state index is 12.4. The number of benzene rings is 1. The van der Waals surface area contributed by atoms with E-state index in [-0.39, 0.29) is 6.61 Å². The van der Waals surface area contributed by atoms with Crippen LogP contribution in [0.2, 0.25) is 0 Å². The van der Waals surface area contributed by atoms with Gasteiger partial charge in [-0.05, 0) is 36.8 Å². The smallest absolute Gasteiger partial charge is 0.316 e. The minimum absolute atomic E-state index is 0.293. The van der Waals surface area contributed by atoms with Crippen molar-refractivity contribution >= 4 is 11.0 Å². The fraction of sp³-hybridized carbons (Fsp3) is 0.529. The zero-order valence-corrected chi connectivity index (χ0v) is 13.2. The minimum Gasteiger partial charge on any atom is -0.394 e. The number of aromatic nitrogens is 2. The van der Waals surface area contributed by atoms with E-state index in [1.165, 1.54) is 4.57 Å². The summed E-state index contributed by atoms with van der Waals surface area (Å²) in [7, 11) is 0. The molecule has 2 N–H and O–H groups in total. The van der Waals surface area contributed by atoms with Gasteiger partial charge >= 0.3 is 11.1 Å². The molecule has 2 unspecified atom stereocenters. The van der Waals surface area contributed by atoms with Gasteiger partial charge in [-0.1, -0.05) is 19.1 Å². The van der Waals surface area contributed by atoms with Crippen LogP contribution in [0, 0.1) is 0 Å². The van der Waals surface area contributed by atoms with Crippen molar-refractivity contribution in [1.82, 2.24) is 9.13 Å². The van der Waals surface area contributed by atoms with Gasteiger partial charge in [-0.25, -0.2) is 0 Å². The zero-order chi connectivity index (χ0) is 16.6. The first-order valence-electron chi connectivity index (χ1n) is 8.09. The van der Waals surface area contributed by atoms with E-state index >= 15 is 0 Å². The first kappa shape index (κ1) is 16.0. The van der Waals surface area contributed by atoms with Gasteiger partial charge in [-0.15, -0.1) is 0 Å². The molecule has 6 heteroatoms. The third-order valence-electron chi connectivity index (χ3n) is 4.73. The normalized spacial score (nSPS) is 18.3. The summed E-state index contributed by atoms with van der Waals surface area (Å²) in [5.74, 6) is 0.361. The number of aliphatic hydroxyl groups is 2. The molecule has 1 aliphatic rings. The molecule has 0 fully saturated rings. The van der Waals surface area contributed by atoms with Crippen LogP contribution in [0.5, 0.6) is 0 Å². The summed E-state index contributed by atoms with van der Waals surface area (Å²) in [5.41, 5.74) is 1.76. The molecule has 0 aliphatic carbocycles. The molecule has 0 amide bonds. The molecule has 0 saturated carbocycles. The molecule has 0 bridgehead atoms. The molecule has 0 spiro atoms. The lowest BCUT2D eigenvalue weighted by Gasteiger charge is -2.25. The van der Waals surface area contributed by atoms with E-state index < -0.39 is 17.2 Å². The fourth-order valence-electron chi connectivity index (χ4n) is 3.39. The average Bonchev–Trinajstić information content (AvgIpc) is 2.56. The first-order valence-corrected chi connectivity index (χ1v) is 8.09. The van der Waals surface area contributed by atoms with Crippen LogP contribution in [0.3, 0.4) is 0 Å². The highest BCUT2D eigenvalue weighted by molar-refractivity contribution is 5.80. The second kappa shape index (κ2) is 6.29. The van der Waals surface area contributed by atoms with Crippen molar-refractivity contribution in [1.29, 1.82) is 0 Å². The molecule has 1 aromatic heterocycles. The Morgan fingerprint density at radius 1 is 1.30 bits per heavy atom. The predicted octanol–water partition coefficient (Wildman–Crippen LogP) is 0.804. The zero-order valence-electron chi connectivity index (χ0n) is 13.2. The number of para-hydroxylation sites is 1. The van der Waals surface area contributed by atoms with Gasteiger partial charge in [0.1, 0.15) is 0 Å². The van der Waals surface area contributed by atoms with Gasteiger partial charge in [0, 0.05) is 13.1 Å². The Morgan fingerprint density at radius 3 is 2.83 bits per heavy atom. The average molecular weight is 318 g/mol. The molecule has 1 aromatic carbocycles. The maximum absolute atomic E-state index is 12.4. The quantitative estimate of drug-likeness (QED) is 0.799. The molecular formula is C17H22N2O4. The molecule has 2 atom stereocenters. The minimum atomic E-state index is -0.785. The summed E-state index contributed by atoms with van der Waals surface area (Å²) in [5, 5.41) is 18.3. The highest BCUT2D eigenvalue weighted by Gasteiger charge is 2.22. The van der Waals surface area contributed by atoms with Crippen LogP contribution in [-0.2, 0) is 13.1 Å². The van der Waals surface area contributed by atoms with Crippen LogP contribution in [-0.4, -0.2) is 32.1 Å². The Labute approximate surface area is 133 Å². The van der Waals surface area contributed by atoms with Gasteiger partial charge in [0.05, 0.1) is 23.7 Å². The second-order valence-electron chi connectivity index (χ2n) is 6.30. The molecule has 2 aromatic rings. The van der Waals surface area contributed by atoms with E-state index in [9.17, 15) is 14.7 Å². The van der Waals surface area contributed by atoms with Gasteiger partial charge < -0.3 is 19.3 Å². The third-order valence-corrected chi connectivity index (χ3v) is 4.73. The third kappa shape index (κ3) is 2.72. The van der Waals surface area contributed by atoms with Crippen LogP contribution >= 0.6 is 0 Å². The van der Waals surface area contributed by atoms with Crippen LogP contribution < -0.4 is 11.1 Å². The molecule has 124 valence electrons. The number of aryl methyl sites for hydroxylation is 2. The molecule has 2 heterocycles. The Morgan fingerprint density at radius 2 is 2.09 bits per heavy atom. The monoisotopic (exact) mass is 318 g/mol. The fourth-order valence-corrected chi connectivity index (χ4v) is 3.39. The Kier molecular flexibility index (Phi) is 4.37. The van der Waals surface area contributed by atoms with Crippen LogP contribution in [0.4, 0.5) is 0 Å². The molecule has 0 saturated heterocycles. The number of nitrogens with zero attached hydrogens (tertiary/aromatic N) is 2. The lowest BCUT2D eigenvalue weighted by Crippen LogP contribution is -2.43. The van der Waals surface area contributed by atoms with E-state index in [2.05, 4.69) is 6.92 Å². The van der Waals surface area contributed by atoms with Crippen molar-refractivity contribution in [3.63, 3.8) is 0 Å². The molecule has 1 aliphatic heterocycles. The SMILES string of the molecule is CC1CCn2c(=O)c(=O)n(CCCC(O)CO)c3cccc1c32. The largest absolute Gasteiger partial charge is 0.394 e. The summed E-state index contributed by atoms with van der Waals surface area (Å²) in [6.45, 7) is 2.78. The van der Waals surface area contributed by atoms with Crippen molar-refractivity contribution in [3.05, 3.63) is 44.5 Å². The molecule has 3 rings (SSSR count). The van der Waals surface area contributed by atoms with Gasteiger partial charge in [0.25, 0.3) is 0 Å². The highest BCUT2D eigenvalue weighted by Crippen LogP contribution is 2.30.